The number of nitro benzene ring substituents is 1. The minimum absolute atomic E-state index is 0.0203. The molecule has 0 amide bonds. The summed E-state index contributed by atoms with van der Waals surface area (Å²) in [6.07, 6.45) is 2.09. The Labute approximate surface area is 251 Å². The highest BCUT2D eigenvalue weighted by molar-refractivity contribution is 6.35. The fourth-order valence-electron chi connectivity index (χ4n) is 5.01. The van der Waals surface area contributed by atoms with Crippen molar-refractivity contribution >= 4 is 39.9 Å². The third kappa shape index (κ3) is 6.00. The molecule has 3 aromatic heterocycles. The summed E-state index contributed by atoms with van der Waals surface area (Å²) in [7, 11) is 3.12. The minimum atomic E-state index is -0.427. The Balaban J connectivity index is 1.42. The van der Waals surface area contributed by atoms with Gasteiger partial charge in [-0.1, -0.05) is 23.7 Å². The highest BCUT2D eigenvalue weighted by Crippen LogP contribution is 2.41. The standard InChI is InChI=1S/C29H29ClN8O5/c1-41-21-15-22(26(30)24(16-21)42-2)23-14-19-17-32-29(31-7-8-36-9-11-43-12-10-36)34-27(19)37-28(23)33-25(35-37)13-18-3-5-20(6-4-18)38(39)40/h3-6,14-17H,7-13H2,1-2H3,(H,31,32,34). The van der Waals surface area contributed by atoms with Gasteiger partial charge in [-0.2, -0.15) is 9.50 Å². The monoisotopic (exact) mass is 604 g/mol. The summed E-state index contributed by atoms with van der Waals surface area (Å²) in [6.45, 7) is 4.80. The Bertz CT molecular complexity index is 1790. The highest BCUT2D eigenvalue weighted by atomic mass is 35.5. The van der Waals surface area contributed by atoms with Gasteiger partial charge in [0.25, 0.3) is 5.69 Å². The van der Waals surface area contributed by atoms with Crippen LogP contribution in [0.4, 0.5) is 11.6 Å². The first-order valence-electron chi connectivity index (χ1n) is 13.7. The number of pyridine rings is 1. The lowest BCUT2D eigenvalue weighted by Crippen LogP contribution is -2.39. The molecule has 0 atom stereocenters. The summed E-state index contributed by atoms with van der Waals surface area (Å²) in [5, 5.41) is 20.4. The second-order valence-electron chi connectivity index (χ2n) is 9.97. The second-order valence-corrected chi connectivity index (χ2v) is 10.3. The fraction of sp³-hybridized carbons (Fsp3) is 0.310. The van der Waals surface area contributed by atoms with E-state index in [1.54, 1.807) is 43.1 Å². The molecule has 4 heterocycles. The summed E-state index contributed by atoms with van der Waals surface area (Å²) >= 11 is 6.80. The summed E-state index contributed by atoms with van der Waals surface area (Å²) < 4.78 is 18.1. The highest BCUT2D eigenvalue weighted by Gasteiger charge is 2.21. The molecule has 2 aromatic carbocycles. The van der Waals surface area contributed by atoms with E-state index < -0.39 is 4.92 Å². The van der Waals surface area contributed by atoms with Crippen molar-refractivity contribution in [2.75, 3.05) is 58.9 Å². The van der Waals surface area contributed by atoms with E-state index in [-0.39, 0.29) is 5.69 Å². The van der Waals surface area contributed by atoms with Crippen LogP contribution in [0.25, 0.3) is 27.8 Å². The molecule has 1 saturated heterocycles. The predicted molar refractivity (Wildman–Crippen MR) is 161 cm³/mol. The molecule has 1 fully saturated rings. The lowest BCUT2D eigenvalue weighted by Gasteiger charge is -2.26. The summed E-state index contributed by atoms with van der Waals surface area (Å²) in [4.78, 5) is 27.2. The average molecular weight is 605 g/mol. The number of nitrogens with zero attached hydrogens (tertiary/aromatic N) is 7. The number of anilines is 1. The van der Waals surface area contributed by atoms with Crippen LogP contribution in [0.3, 0.4) is 0 Å². The average Bonchev–Trinajstić information content (AvgIpc) is 3.45. The third-order valence-electron chi connectivity index (χ3n) is 7.27. The van der Waals surface area contributed by atoms with E-state index in [1.165, 1.54) is 12.1 Å². The van der Waals surface area contributed by atoms with Gasteiger partial charge in [-0.05, 0) is 17.7 Å². The number of rotatable bonds is 10. The Hall–Kier alpha value is -4.59. The normalized spacial score (nSPS) is 13.8. The number of non-ortho nitro benzene ring substituents is 1. The Morgan fingerprint density at radius 2 is 1.84 bits per heavy atom. The number of halogens is 1. The number of ether oxygens (including phenoxy) is 3. The molecule has 0 spiro atoms. The van der Waals surface area contributed by atoms with Crippen LogP contribution in [0, 0.1) is 10.1 Å². The number of nitrogens with one attached hydrogen (secondary N) is 1. The van der Waals surface area contributed by atoms with Crippen LogP contribution in [0.5, 0.6) is 11.5 Å². The zero-order valence-corrected chi connectivity index (χ0v) is 24.4. The van der Waals surface area contributed by atoms with Crippen LogP contribution < -0.4 is 14.8 Å². The van der Waals surface area contributed by atoms with Gasteiger partial charge in [0, 0.05) is 73.5 Å². The SMILES string of the molecule is COc1cc(OC)c(Cl)c(-c2cc3cnc(NCCN4CCOCC4)nc3n3nc(Cc4ccc([N+](=O)[O-])cc4)nc23)c1. The quantitative estimate of drug-likeness (QED) is 0.180. The fourth-order valence-corrected chi connectivity index (χ4v) is 5.30. The molecular formula is C29H29ClN8O5. The van der Waals surface area contributed by atoms with Gasteiger partial charge >= 0.3 is 0 Å². The van der Waals surface area contributed by atoms with E-state index in [2.05, 4.69) is 15.2 Å². The molecule has 13 nitrogen and oxygen atoms in total. The molecule has 0 unspecified atom stereocenters. The molecule has 1 aliphatic rings. The Morgan fingerprint density at radius 1 is 1.05 bits per heavy atom. The number of aromatic nitrogens is 5. The molecule has 14 heteroatoms. The van der Waals surface area contributed by atoms with Crippen LogP contribution in [0.15, 0.2) is 48.7 Å². The topological polar surface area (TPSA) is 142 Å². The van der Waals surface area contributed by atoms with Crippen molar-refractivity contribution in [3.63, 3.8) is 0 Å². The van der Waals surface area contributed by atoms with Gasteiger partial charge in [-0.25, -0.2) is 9.97 Å². The van der Waals surface area contributed by atoms with Crippen molar-refractivity contribution in [3.05, 3.63) is 75.2 Å². The van der Waals surface area contributed by atoms with Gasteiger partial charge in [-0.15, -0.1) is 5.10 Å². The van der Waals surface area contributed by atoms with E-state index in [1.807, 2.05) is 12.1 Å². The summed E-state index contributed by atoms with van der Waals surface area (Å²) in [6, 6.07) is 11.8. The maximum absolute atomic E-state index is 11.1. The molecule has 0 saturated carbocycles. The minimum Gasteiger partial charge on any atom is -0.497 e. The second kappa shape index (κ2) is 12.3. The number of hydrogen-bond donors (Lipinski definition) is 1. The van der Waals surface area contributed by atoms with Crippen LogP contribution in [0.2, 0.25) is 5.02 Å². The molecule has 222 valence electrons. The van der Waals surface area contributed by atoms with E-state index in [0.717, 1.165) is 43.8 Å². The summed E-state index contributed by atoms with van der Waals surface area (Å²) in [5.41, 5.74) is 3.27. The molecule has 43 heavy (non-hydrogen) atoms. The van der Waals surface area contributed by atoms with Gasteiger partial charge in [-0.3, -0.25) is 15.0 Å². The number of methoxy groups -OCH3 is 2. The number of hydrogen-bond acceptors (Lipinski definition) is 11. The molecule has 0 radical (unpaired) electrons. The maximum Gasteiger partial charge on any atom is 0.269 e. The van der Waals surface area contributed by atoms with Crippen molar-refractivity contribution in [1.82, 2.24) is 29.5 Å². The van der Waals surface area contributed by atoms with Gasteiger partial charge in [0.1, 0.15) is 11.5 Å². The zero-order valence-electron chi connectivity index (χ0n) is 23.6. The molecular weight excluding hydrogens is 576 g/mol. The van der Waals surface area contributed by atoms with Gasteiger partial charge < -0.3 is 19.5 Å². The van der Waals surface area contributed by atoms with Gasteiger partial charge in [0.05, 0.1) is 37.4 Å². The molecule has 1 N–H and O–H groups in total. The number of nitro groups is 1. The van der Waals surface area contributed by atoms with E-state index in [0.29, 0.717) is 63.7 Å². The lowest BCUT2D eigenvalue weighted by molar-refractivity contribution is -0.384. The van der Waals surface area contributed by atoms with Crippen molar-refractivity contribution in [3.8, 4) is 22.6 Å². The third-order valence-corrected chi connectivity index (χ3v) is 7.66. The first kappa shape index (κ1) is 28.5. The Kier molecular flexibility index (Phi) is 8.18. The lowest BCUT2D eigenvalue weighted by atomic mass is 10.0. The predicted octanol–water partition coefficient (Wildman–Crippen LogP) is 4.25. The molecule has 0 bridgehead atoms. The number of benzene rings is 2. The molecule has 6 rings (SSSR count). The van der Waals surface area contributed by atoms with E-state index in [4.69, 9.17) is 40.9 Å². The zero-order chi connectivity index (χ0) is 29.9. The molecule has 5 aromatic rings. The van der Waals surface area contributed by atoms with Crippen LogP contribution >= 0.6 is 11.6 Å². The largest absolute Gasteiger partial charge is 0.497 e. The number of fused-ring (bicyclic) bond motifs is 3. The molecule has 0 aliphatic carbocycles. The van der Waals surface area contributed by atoms with Crippen LogP contribution in [0.1, 0.15) is 11.4 Å². The van der Waals surface area contributed by atoms with Crippen molar-refractivity contribution in [2.24, 2.45) is 0 Å². The smallest absolute Gasteiger partial charge is 0.269 e. The maximum atomic E-state index is 11.1. The number of morpholine rings is 1. The van der Waals surface area contributed by atoms with Gasteiger partial charge in [0.15, 0.2) is 17.1 Å². The van der Waals surface area contributed by atoms with E-state index in [9.17, 15) is 10.1 Å². The summed E-state index contributed by atoms with van der Waals surface area (Å²) in [5.74, 6) is 2.00. The van der Waals surface area contributed by atoms with Crippen LogP contribution in [-0.2, 0) is 11.2 Å². The van der Waals surface area contributed by atoms with Gasteiger partial charge in [0.2, 0.25) is 5.95 Å². The molecule has 1 aliphatic heterocycles. The first-order chi connectivity index (χ1) is 20.9. The van der Waals surface area contributed by atoms with Crippen molar-refractivity contribution < 1.29 is 19.1 Å². The Morgan fingerprint density at radius 3 is 2.56 bits per heavy atom. The van der Waals surface area contributed by atoms with Crippen LogP contribution in [-0.4, -0.2) is 88.0 Å². The van der Waals surface area contributed by atoms with Crippen molar-refractivity contribution in [2.45, 2.75) is 6.42 Å². The van der Waals surface area contributed by atoms with Crippen molar-refractivity contribution in [1.29, 1.82) is 0 Å². The first-order valence-corrected chi connectivity index (χ1v) is 14.1. The van der Waals surface area contributed by atoms with E-state index >= 15 is 0 Å².